The summed E-state index contributed by atoms with van der Waals surface area (Å²) in [5.74, 6) is 0.347. The Morgan fingerprint density at radius 3 is 2.48 bits per heavy atom. The third kappa shape index (κ3) is 3.52. The molecule has 1 aromatic heterocycles. The van der Waals surface area contributed by atoms with Crippen LogP contribution in [-0.2, 0) is 13.6 Å². The van der Waals surface area contributed by atoms with Gasteiger partial charge in [0.05, 0.1) is 5.56 Å². The molecule has 1 aromatic carbocycles. The smallest absolute Gasteiger partial charge is 0.299 e. The van der Waals surface area contributed by atoms with Crippen molar-refractivity contribution in [2.75, 3.05) is 5.75 Å². The minimum atomic E-state index is -0.542. The second-order valence-electron chi connectivity index (χ2n) is 4.60. The van der Waals surface area contributed by atoms with Gasteiger partial charge < -0.3 is 0 Å². The highest BCUT2D eigenvalue weighted by Crippen LogP contribution is 2.16. The molecule has 0 aliphatic rings. The predicted octanol–water partition coefficient (Wildman–Crippen LogP) is 1.54. The molecular formula is C15H16N2O3S. The number of hydrogen-bond donors (Lipinski definition) is 0. The third-order valence-corrected chi connectivity index (χ3v) is 4.07. The summed E-state index contributed by atoms with van der Waals surface area (Å²) in [5, 5.41) is 0. The molecule has 0 fully saturated rings. The lowest BCUT2D eigenvalue weighted by atomic mass is 10.2. The average Bonchev–Trinajstić information content (AvgIpc) is 2.48. The second-order valence-corrected chi connectivity index (χ2v) is 5.77. The van der Waals surface area contributed by atoms with Crippen LogP contribution in [0.15, 0.2) is 51.0 Å². The Morgan fingerprint density at radius 1 is 1.19 bits per heavy atom. The van der Waals surface area contributed by atoms with Crippen LogP contribution < -0.4 is 11.2 Å². The normalized spacial score (nSPS) is 10.6. The number of benzene rings is 1. The first-order valence-corrected chi connectivity index (χ1v) is 7.48. The number of carbonyl (C=O) groups is 1. The molecule has 2 rings (SSSR count). The fourth-order valence-electron chi connectivity index (χ4n) is 1.91. The van der Waals surface area contributed by atoms with Crippen molar-refractivity contribution >= 4 is 17.5 Å². The van der Waals surface area contributed by atoms with Crippen molar-refractivity contribution in [2.24, 2.45) is 7.05 Å². The van der Waals surface area contributed by atoms with Crippen LogP contribution in [0.1, 0.15) is 17.3 Å². The first-order valence-electron chi connectivity index (χ1n) is 6.50. The highest BCUT2D eigenvalue weighted by molar-refractivity contribution is 7.99. The van der Waals surface area contributed by atoms with E-state index in [1.165, 1.54) is 24.7 Å². The first-order chi connectivity index (χ1) is 10.0. The molecule has 6 heteroatoms. The SMILES string of the molecule is CC(=O)c1cn(CCSc2ccccc2)c(=O)n(C)c1=O. The van der Waals surface area contributed by atoms with E-state index in [-0.39, 0.29) is 11.3 Å². The minimum absolute atomic E-state index is 0.0433. The molecule has 0 unspecified atom stereocenters. The largest absolute Gasteiger partial charge is 0.330 e. The summed E-state index contributed by atoms with van der Waals surface area (Å²) in [6.45, 7) is 1.76. The van der Waals surface area contributed by atoms with E-state index >= 15 is 0 Å². The molecule has 0 bridgehead atoms. The van der Waals surface area contributed by atoms with E-state index in [0.29, 0.717) is 12.3 Å². The Labute approximate surface area is 126 Å². The molecule has 1 heterocycles. The van der Waals surface area contributed by atoms with Crippen molar-refractivity contribution in [3.63, 3.8) is 0 Å². The number of ketones is 1. The van der Waals surface area contributed by atoms with Crippen LogP contribution in [0.2, 0.25) is 0 Å². The number of hydrogen-bond acceptors (Lipinski definition) is 4. The van der Waals surface area contributed by atoms with E-state index in [9.17, 15) is 14.4 Å². The van der Waals surface area contributed by atoms with Crippen molar-refractivity contribution in [2.45, 2.75) is 18.4 Å². The van der Waals surface area contributed by atoms with E-state index in [1.807, 2.05) is 30.3 Å². The van der Waals surface area contributed by atoms with Crippen molar-refractivity contribution in [1.29, 1.82) is 0 Å². The molecule has 0 radical (unpaired) electrons. The maximum Gasteiger partial charge on any atom is 0.330 e. The fraction of sp³-hybridized carbons (Fsp3) is 0.267. The Hall–Kier alpha value is -2.08. The number of thioether (sulfide) groups is 1. The van der Waals surface area contributed by atoms with Gasteiger partial charge in [-0.25, -0.2) is 4.79 Å². The Kier molecular flexibility index (Phi) is 4.80. The van der Waals surface area contributed by atoms with Gasteiger partial charge in [-0.05, 0) is 19.1 Å². The van der Waals surface area contributed by atoms with Crippen LogP contribution in [-0.4, -0.2) is 20.7 Å². The quantitative estimate of drug-likeness (QED) is 0.621. The van der Waals surface area contributed by atoms with Crippen molar-refractivity contribution in [3.05, 3.63) is 62.9 Å². The van der Waals surface area contributed by atoms with Gasteiger partial charge in [0.2, 0.25) is 0 Å². The standard InChI is InChI=1S/C15H16N2O3S/c1-11(18)13-10-17(15(20)16(2)14(13)19)8-9-21-12-6-4-3-5-7-12/h3-7,10H,8-9H2,1-2H3. The lowest BCUT2D eigenvalue weighted by Crippen LogP contribution is -2.40. The Bertz CT molecular complexity index is 763. The van der Waals surface area contributed by atoms with Crippen molar-refractivity contribution in [1.82, 2.24) is 9.13 Å². The molecule has 110 valence electrons. The summed E-state index contributed by atoms with van der Waals surface area (Å²) in [4.78, 5) is 36.4. The number of nitrogens with zero attached hydrogens (tertiary/aromatic N) is 2. The van der Waals surface area contributed by atoms with Gasteiger partial charge in [0, 0.05) is 30.4 Å². The number of rotatable bonds is 5. The maximum atomic E-state index is 12.0. The molecule has 0 aliphatic heterocycles. The van der Waals surface area contributed by atoms with Gasteiger partial charge in [-0.2, -0.15) is 0 Å². The summed E-state index contributed by atoms with van der Waals surface area (Å²) < 4.78 is 2.39. The van der Waals surface area contributed by atoms with Crippen LogP contribution in [0, 0.1) is 0 Å². The highest BCUT2D eigenvalue weighted by atomic mass is 32.2. The molecular weight excluding hydrogens is 288 g/mol. The molecule has 0 amide bonds. The van der Waals surface area contributed by atoms with E-state index < -0.39 is 11.2 Å². The highest BCUT2D eigenvalue weighted by Gasteiger charge is 2.11. The molecule has 0 saturated carbocycles. The van der Waals surface area contributed by atoms with Crippen LogP contribution in [0.25, 0.3) is 0 Å². The van der Waals surface area contributed by atoms with E-state index in [2.05, 4.69) is 0 Å². The summed E-state index contributed by atoms with van der Waals surface area (Å²) in [6, 6.07) is 9.84. The number of aromatic nitrogens is 2. The van der Waals surface area contributed by atoms with Gasteiger partial charge in [-0.15, -0.1) is 11.8 Å². The van der Waals surface area contributed by atoms with Gasteiger partial charge in [-0.1, -0.05) is 18.2 Å². The molecule has 21 heavy (non-hydrogen) atoms. The first kappa shape index (κ1) is 15.3. The van der Waals surface area contributed by atoms with E-state index in [4.69, 9.17) is 0 Å². The molecule has 0 aliphatic carbocycles. The van der Waals surface area contributed by atoms with E-state index in [1.54, 1.807) is 11.8 Å². The summed E-state index contributed by atoms with van der Waals surface area (Å²) in [5.41, 5.74) is -0.903. The zero-order valence-corrected chi connectivity index (χ0v) is 12.7. The van der Waals surface area contributed by atoms with Crippen molar-refractivity contribution < 1.29 is 4.79 Å². The summed E-state index contributed by atoms with van der Waals surface area (Å²) in [6.07, 6.45) is 1.36. The number of aryl methyl sites for hydroxylation is 1. The van der Waals surface area contributed by atoms with Gasteiger partial charge in [0.1, 0.15) is 0 Å². The van der Waals surface area contributed by atoms with Crippen LogP contribution in [0.5, 0.6) is 0 Å². The second kappa shape index (κ2) is 6.58. The minimum Gasteiger partial charge on any atom is -0.299 e. The molecule has 5 nitrogen and oxygen atoms in total. The van der Waals surface area contributed by atoms with Crippen molar-refractivity contribution in [3.8, 4) is 0 Å². The Balaban J connectivity index is 2.19. The maximum absolute atomic E-state index is 12.0. The average molecular weight is 304 g/mol. The van der Waals surface area contributed by atoms with Crippen LogP contribution >= 0.6 is 11.8 Å². The summed E-state index contributed by atoms with van der Waals surface area (Å²) in [7, 11) is 1.39. The predicted molar refractivity (Wildman–Crippen MR) is 83.1 cm³/mol. The number of carbonyl (C=O) groups excluding carboxylic acids is 1. The zero-order valence-electron chi connectivity index (χ0n) is 11.9. The van der Waals surface area contributed by atoms with Crippen LogP contribution in [0.3, 0.4) is 0 Å². The monoisotopic (exact) mass is 304 g/mol. The van der Waals surface area contributed by atoms with Crippen LogP contribution in [0.4, 0.5) is 0 Å². The lowest BCUT2D eigenvalue weighted by molar-refractivity contribution is 0.101. The Morgan fingerprint density at radius 2 is 1.86 bits per heavy atom. The topological polar surface area (TPSA) is 61.1 Å². The van der Waals surface area contributed by atoms with Gasteiger partial charge >= 0.3 is 5.69 Å². The molecule has 0 N–H and O–H groups in total. The van der Waals surface area contributed by atoms with Gasteiger partial charge in [-0.3, -0.25) is 18.7 Å². The lowest BCUT2D eigenvalue weighted by Gasteiger charge is -2.09. The summed E-state index contributed by atoms with van der Waals surface area (Å²) >= 11 is 1.62. The molecule has 0 atom stereocenters. The third-order valence-electron chi connectivity index (χ3n) is 3.08. The molecule has 0 saturated heterocycles. The molecule has 0 spiro atoms. The zero-order chi connectivity index (χ0) is 15.4. The fourth-order valence-corrected chi connectivity index (χ4v) is 2.78. The van der Waals surface area contributed by atoms with Gasteiger partial charge in [0.25, 0.3) is 5.56 Å². The number of Topliss-reactive ketones (excluding diaryl/α,β-unsaturated/α-hetero) is 1. The van der Waals surface area contributed by atoms with Gasteiger partial charge in [0.15, 0.2) is 5.78 Å². The van der Waals surface area contributed by atoms with E-state index in [0.717, 1.165) is 9.46 Å². The molecule has 2 aromatic rings.